The van der Waals surface area contributed by atoms with Gasteiger partial charge in [-0.05, 0) is 32.4 Å². The number of halogens is 1. The van der Waals surface area contributed by atoms with E-state index in [1.807, 2.05) is 13.8 Å². The number of piperidine rings is 1. The fourth-order valence-corrected chi connectivity index (χ4v) is 2.62. The summed E-state index contributed by atoms with van der Waals surface area (Å²) in [5.41, 5.74) is 0.932. The first-order valence-electron chi connectivity index (χ1n) is 7.46. The standard InChI is InChI=1S/C15H24FN3O/c1-3-17-10-12-9-13(16)11-18-15(12)19-7-5-14(6-8-19)20-4-2/h9,11,14,17H,3-8,10H2,1-2H3. The van der Waals surface area contributed by atoms with Crippen molar-refractivity contribution in [2.24, 2.45) is 0 Å². The summed E-state index contributed by atoms with van der Waals surface area (Å²) in [4.78, 5) is 6.53. The van der Waals surface area contributed by atoms with E-state index in [-0.39, 0.29) is 5.82 Å². The number of rotatable bonds is 6. The first-order chi connectivity index (χ1) is 9.74. The largest absolute Gasteiger partial charge is 0.378 e. The molecule has 20 heavy (non-hydrogen) atoms. The molecule has 1 aliphatic heterocycles. The minimum atomic E-state index is -0.272. The average Bonchev–Trinajstić information content (AvgIpc) is 2.47. The Balaban J connectivity index is 2.04. The monoisotopic (exact) mass is 281 g/mol. The molecule has 1 aromatic rings. The highest BCUT2D eigenvalue weighted by Crippen LogP contribution is 2.23. The molecule has 112 valence electrons. The molecule has 0 amide bonds. The minimum Gasteiger partial charge on any atom is -0.378 e. The van der Waals surface area contributed by atoms with Crippen LogP contribution in [0.1, 0.15) is 32.3 Å². The Kier molecular flexibility index (Phi) is 5.73. The molecule has 2 heterocycles. The minimum absolute atomic E-state index is 0.272. The van der Waals surface area contributed by atoms with Crippen LogP contribution in [0, 0.1) is 5.82 Å². The van der Waals surface area contributed by atoms with E-state index in [4.69, 9.17) is 4.74 Å². The van der Waals surface area contributed by atoms with Gasteiger partial charge in [0.1, 0.15) is 11.6 Å². The summed E-state index contributed by atoms with van der Waals surface area (Å²) < 4.78 is 19.0. The van der Waals surface area contributed by atoms with Crippen LogP contribution in [0.2, 0.25) is 0 Å². The van der Waals surface area contributed by atoms with Crippen LogP contribution in [-0.4, -0.2) is 37.3 Å². The lowest BCUT2D eigenvalue weighted by Gasteiger charge is -2.33. The van der Waals surface area contributed by atoms with E-state index in [9.17, 15) is 4.39 Å². The predicted octanol–water partition coefficient (Wildman–Crippen LogP) is 2.34. The van der Waals surface area contributed by atoms with Crippen molar-refractivity contribution in [3.63, 3.8) is 0 Å². The molecule has 0 bridgehead atoms. The summed E-state index contributed by atoms with van der Waals surface area (Å²) >= 11 is 0. The second-order valence-corrected chi connectivity index (χ2v) is 5.06. The van der Waals surface area contributed by atoms with Gasteiger partial charge in [0, 0.05) is 31.8 Å². The molecule has 1 fully saturated rings. The molecule has 1 aromatic heterocycles. The second kappa shape index (κ2) is 7.55. The van der Waals surface area contributed by atoms with Crippen LogP contribution in [0.25, 0.3) is 0 Å². The first kappa shape index (κ1) is 15.2. The van der Waals surface area contributed by atoms with E-state index in [2.05, 4.69) is 15.2 Å². The van der Waals surface area contributed by atoms with Gasteiger partial charge in [0.05, 0.1) is 12.3 Å². The van der Waals surface area contributed by atoms with Crippen molar-refractivity contribution in [3.05, 3.63) is 23.6 Å². The van der Waals surface area contributed by atoms with Crippen LogP contribution in [0.15, 0.2) is 12.3 Å². The summed E-state index contributed by atoms with van der Waals surface area (Å²) in [6.45, 7) is 8.20. The third-order valence-corrected chi connectivity index (χ3v) is 3.62. The zero-order chi connectivity index (χ0) is 14.4. The van der Waals surface area contributed by atoms with E-state index >= 15 is 0 Å². The van der Waals surface area contributed by atoms with Gasteiger partial charge in [0.15, 0.2) is 0 Å². The van der Waals surface area contributed by atoms with Gasteiger partial charge in [-0.15, -0.1) is 0 Å². The molecule has 1 aliphatic rings. The van der Waals surface area contributed by atoms with Gasteiger partial charge in [-0.2, -0.15) is 0 Å². The molecule has 1 saturated heterocycles. The van der Waals surface area contributed by atoms with E-state index in [1.165, 1.54) is 6.20 Å². The van der Waals surface area contributed by atoms with Crippen molar-refractivity contribution in [3.8, 4) is 0 Å². The number of ether oxygens (including phenoxy) is 1. The van der Waals surface area contributed by atoms with Gasteiger partial charge < -0.3 is 15.0 Å². The molecule has 0 aliphatic carbocycles. The van der Waals surface area contributed by atoms with Gasteiger partial charge in [0.2, 0.25) is 0 Å². The van der Waals surface area contributed by atoms with Crippen molar-refractivity contribution < 1.29 is 9.13 Å². The van der Waals surface area contributed by atoms with Crippen LogP contribution < -0.4 is 10.2 Å². The summed E-state index contributed by atoms with van der Waals surface area (Å²) in [7, 11) is 0. The Labute approximate surface area is 120 Å². The highest BCUT2D eigenvalue weighted by Gasteiger charge is 2.22. The van der Waals surface area contributed by atoms with Crippen molar-refractivity contribution in [2.45, 2.75) is 39.3 Å². The normalized spacial score (nSPS) is 16.6. The predicted molar refractivity (Wildman–Crippen MR) is 78.4 cm³/mol. The van der Waals surface area contributed by atoms with E-state index in [0.717, 1.165) is 50.5 Å². The van der Waals surface area contributed by atoms with Gasteiger partial charge in [-0.25, -0.2) is 9.37 Å². The van der Waals surface area contributed by atoms with Crippen molar-refractivity contribution in [1.82, 2.24) is 10.3 Å². The Hall–Kier alpha value is -1.20. The van der Waals surface area contributed by atoms with E-state index in [1.54, 1.807) is 6.07 Å². The Morgan fingerprint density at radius 3 is 2.80 bits per heavy atom. The number of aromatic nitrogens is 1. The average molecular weight is 281 g/mol. The molecule has 0 spiro atoms. The Morgan fingerprint density at radius 1 is 1.40 bits per heavy atom. The van der Waals surface area contributed by atoms with Crippen molar-refractivity contribution in [2.75, 3.05) is 31.1 Å². The van der Waals surface area contributed by atoms with Crippen LogP contribution in [0.3, 0.4) is 0 Å². The third-order valence-electron chi connectivity index (χ3n) is 3.62. The molecular formula is C15H24FN3O. The number of nitrogens with zero attached hydrogens (tertiary/aromatic N) is 2. The van der Waals surface area contributed by atoms with Crippen LogP contribution in [0.4, 0.5) is 10.2 Å². The summed E-state index contributed by atoms with van der Waals surface area (Å²) in [6.07, 6.45) is 3.68. The molecule has 0 saturated carbocycles. The van der Waals surface area contributed by atoms with E-state index < -0.39 is 0 Å². The quantitative estimate of drug-likeness (QED) is 0.868. The number of pyridine rings is 1. The molecule has 5 heteroatoms. The maximum atomic E-state index is 13.4. The Bertz CT molecular complexity index is 420. The first-order valence-corrected chi connectivity index (χ1v) is 7.46. The molecule has 0 atom stereocenters. The number of hydrogen-bond donors (Lipinski definition) is 1. The van der Waals surface area contributed by atoms with Crippen LogP contribution >= 0.6 is 0 Å². The lowest BCUT2D eigenvalue weighted by molar-refractivity contribution is 0.0458. The zero-order valence-electron chi connectivity index (χ0n) is 12.4. The highest BCUT2D eigenvalue weighted by molar-refractivity contribution is 5.47. The third kappa shape index (κ3) is 3.90. The van der Waals surface area contributed by atoms with Gasteiger partial charge >= 0.3 is 0 Å². The molecule has 0 aromatic carbocycles. The second-order valence-electron chi connectivity index (χ2n) is 5.06. The Morgan fingerprint density at radius 2 is 2.15 bits per heavy atom. The molecule has 1 N–H and O–H groups in total. The van der Waals surface area contributed by atoms with Crippen molar-refractivity contribution >= 4 is 5.82 Å². The topological polar surface area (TPSA) is 37.4 Å². The van der Waals surface area contributed by atoms with Crippen LogP contribution in [-0.2, 0) is 11.3 Å². The summed E-state index contributed by atoms with van der Waals surface area (Å²) in [6, 6.07) is 1.58. The molecule has 0 radical (unpaired) electrons. The fraction of sp³-hybridized carbons (Fsp3) is 0.667. The summed E-state index contributed by atoms with van der Waals surface area (Å²) in [5, 5.41) is 3.24. The van der Waals surface area contributed by atoms with E-state index in [0.29, 0.717) is 12.6 Å². The fourth-order valence-electron chi connectivity index (χ4n) is 2.62. The SMILES string of the molecule is CCNCc1cc(F)cnc1N1CCC(OCC)CC1. The number of nitrogens with one attached hydrogen (secondary N) is 1. The highest BCUT2D eigenvalue weighted by atomic mass is 19.1. The summed E-state index contributed by atoms with van der Waals surface area (Å²) in [5.74, 6) is 0.633. The van der Waals surface area contributed by atoms with Gasteiger partial charge in [-0.1, -0.05) is 6.92 Å². The molecule has 4 nitrogen and oxygen atoms in total. The molecule has 2 rings (SSSR count). The number of hydrogen-bond acceptors (Lipinski definition) is 4. The lowest BCUT2D eigenvalue weighted by atomic mass is 10.1. The smallest absolute Gasteiger partial charge is 0.141 e. The zero-order valence-corrected chi connectivity index (χ0v) is 12.4. The molecular weight excluding hydrogens is 257 g/mol. The van der Waals surface area contributed by atoms with Gasteiger partial charge in [-0.3, -0.25) is 0 Å². The maximum absolute atomic E-state index is 13.4. The molecule has 0 unspecified atom stereocenters. The van der Waals surface area contributed by atoms with Crippen LogP contribution in [0.5, 0.6) is 0 Å². The number of anilines is 1. The lowest BCUT2D eigenvalue weighted by Crippen LogP contribution is -2.38. The van der Waals surface area contributed by atoms with Gasteiger partial charge in [0.25, 0.3) is 0 Å². The van der Waals surface area contributed by atoms with Crippen molar-refractivity contribution in [1.29, 1.82) is 0 Å². The maximum Gasteiger partial charge on any atom is 0.141 e.